The van der Waals surface area contributed by atoms with Crippen LogP contribution in [0.2, 0.25) is 0 Å². The van der Waals surface area contributed by atoms with E-state index in [9.17, 15) is 4.79 Å². The van der Waals surface area contributed by atoms with E-state index < -0.39 is 0 Å². The Labute approximate surface area is 173 Å². The molecule has 0 saturated carbocycles. The van der Waals surface area contributed by atoms with Crippen LogP contribution in [0, 0.1) is 0 Å². The highest BCUT2D eigenvalue weighted by Crippen LogP contribution is 2.34. The number of benzene rings is 2. The van der Waals surface area contributed by atoms with Crippen molar-refractivity contribution in [2.24, 2.45) is 0 Å². The average Bonchev–Trinajstić information content (AvgIpc) is 3.19. The zero-order valence-corrected chi connectivity index (χ0v) is 17.3. The number of aryl methyl sites for hydroxylation is 1. The molecule has 0 spiro atoms. The first kappa shape index (κ1) is 19.0. The maximum atomic E-state index is 12.8. The molecule has 2 aromatic carbocycles. The van der Waals surface area contributed by atoms with Gasteiger partial charge in [-0.1, -0.05) is 65.6 Å². The summed E-state index contributed by atoms with van der Waals surface area (Å²) in [6.07, 6.45) is 3.25. The largest absolute Gasteiger partial charge is 0.338 e. The van der Waals surface area contributed by atoms with Crippen LogP contribution in [0.5, 0.6) is 0 Å². The number of para-hydroxylation sites is 1. The van der Waals surface area contributed by atoms with Gasteiger partial charge in [0.2, 0.25) is 11.0 Å². The van der Waals surface area contributed by atoms with Crippen LogP contribution < -0.4 is 5.32 Å². The molecule has 1 aliphatic rings. The van der Waals surface area contributed by atoms with Crippen LogP contribution in [0.3, 0.4) is 0 Å². The van der Waals surface area contributed by atoms with Crippen LogP contribution in [0.15, 0.2) is 58.9 Å². The third-order valence-electron chi connectivity index (χ3n) is 4.95. The molecule has 0 aliphatic heterocycles. The molecule has 28 heavy (non-hydrogen) atoms. The van der Waals surface area contributed by atoms with E-state index in [0.717, 1.165) is 34.4 Å². The van der Waals surface area contributed by atoms with Crippen molar-refractivity contribution in [2.45, 2.75) is 29.6 Å². The molecule has 1 aromatic heterocycles. The molecule has 144 valence electrons. The van der Waals surface area contributed by atoms with Crippen molar-refractivity contribution in [3.05, 3.63) is 65.7 Å². The zero-order chi connectivity index (χ0) is 19.3. The van der Waals surface area contributed by atoms with Crippen LogP contribution in [0.1, 0.15) is 30.0 Å². The van der Waals surface area contributed by atoms with Gasteiger partial charge in [0.15, 0.2) is 4.34 Å². The second-order valence-electron chi connectivity index (χ2n) is 6.76. The predicted molar refractivity (Wildman–Crippen MR) is 115 cm³/mol. The summed E-state index contributed by atoms with van der Waals surface area (Å²) in [5, 5.41) is 12.3. The number of carbonyl (C=O) groups is 1. The predicted octanol–water partition coefficient (Wildman–Crippen LogP) is 4.91. The van der Waals surface area contributed by atoms with E-state index in [1.165, 1.54) is 34.2 Å². The first-order chi connectivity index (χ1) is 13.7. The number of thioether (sulfide) groups is 1. The Balaban J connectivity index is 1.35. The van der Waals surface area contributed by atoms with Crippen molar-refractivity contribution in [1.29, 1.82) is 0 Å². The standard InChI is InChI=1S/C21H22N4OS2/c1-25(18-13-7-9-15-8-5-6-12-17(15)18)19(26)14-27-21-24-23-20(28-21)22-16-10-3-2-4-11-16/h2-6,8,10-12,18H,7,9,13-14H2,1H3,(H,22,23). The molecule has 1 heterocycles. The second-order valence-corrected chi connectivity index (χ2v) is 8.96. The van der Waals surface area contributed by atoms with Crippen LogP contribution in [0.4, 0.5) is 10.8 Å². The molecule has 1 unspecified atom stereocenters. The second kappa shape index (κ2) is 8.75. The molecule has 4 rings (SSSR count). The van der Waals surface area contributed by atoms with Crippen molar-refractivity contribution in [3.8, 4) is 0 Å². The Morgan fingerprint density at radius 1 is 1.18 bits per heavy atom. The first-order valence-electron chi connectivity index (χ1n) is 9.32. The molecule has 7 heteroatoms. The number of amides is 1. The number of aromatic nitrogens is 2. The van der Waals surface area contributed by atoms with Gasteiger partial charge < -0.3 is 10.2 Å². The summed E-state index contributed by atoms with van der Waals surface area (Å²) >= 11 is 2.91. The summed E-state index contributed by atoms with van der Waals surface area (Å²) in [6, 6.07) is 18.5. The molecule has 1 amide bonds. The minimum Gasteiger partial charge on any atom is -0.338 e. The monoisotopic (exact) mass is 410 g/mol. The van der Waals surface area contributed by atoms with Crippen molar-refractivity contribution < 1.29 is 4.79 Å². The maximum absolute atomic E-state index is 12.8. The van der Waals surface area contributed by atoms with E-state index in [-0.39, 0.29) is 11.9 Å². The van der Waals surface area contributed by atoms with E-state index in [1.807, 2.05) is 42.3 Å². The number of fused-ring (bicyclic) bond motifs is 1. The summed E-state index contributed by atoms with van der Waals surface area (Å²) in [4.78, 5) is 14.7. The Morgan fingerprint density at radius 3 is 2.82 bits per heavy atom. The molecule has 0 bridgehead atoms. The van der Waals surface area contributed by atoms with Crippen LogP contribution in [-0.2, 0) is 11.2 Å². The summed E-state index contributed by atoms with van der Waals surface area (Å²) in [5.74, 6) is 0.495. The maximum Gasteiger partial charge on any atom is 0.233 e. The van der Waals surface area contributed by atoms with E-state index in [1.54, 1.807) is 0 Å². The summed E-state index contributed by atoms with van der Waals surface area (Å²) in [7, 11) is 1.91. The van der Waals surface area contributed by atoms with Crippen LogP contribution in [0.25, 0.3) is 0 Å². The van der Waals surface area contributed by atoms with Gasteiger partial charge in [-0.2, -0.15) is 0 Å². The van der Waals surface area contributed by atoms with Gasteiger partial charge in [-0.25, -0.2) is 0 Å². The van der Waals surface area contributed by atoms with Crippen molar-refractivity contribution in [1.82, 2.24) is 15.1 Å². The third-order valence-corrected chi connectivity index (χ3v) is 6.91. The third kappa shape index (κ3) is 4.36. The Morgan fingerprint density at radius 2 is 1.96 bits per heavy atom. The fourth-order valence-corrected chi connectivity index (χ4v) is 5.19. The summed E-state index contributed by atoms with van der Waals surface area (Å²) in [6.45, 7) is 0. The number of carbonyl (C=O) groups excluding carboxylic acids is 1. The molecule has 5 nitrogen and oxygen atoms in total. The molecule has 1 atom stereocenters. The highest BCUT2D eigenvalue weighted by atomic mass is 32.2. The van der Waals surface area contributed by atoms with E-state index in [4.69, 9.17) is 0 Å². The lowest BCUT2D eigenvalue weighted by atomic mass is 9.87. The van der Waals surface area contributed by atoms with E-state index in [0.29, 0.717) is 5.75 Å². The number of nitrogens with one attached hydrogen (secondary N) is 1. The van der Waals surface area contributed by atoms with Gasteiger partial charge in [-0.15, -0.1) is 10.2 Å². The topological polar surface area (TPSA) is 58.1 Å². The Kier molecular flexibility index (Phi) is 5.92. The lowest BCUT2D eigenvalue weighted by Gasteiger charge is -2.33. The van der Waals surface area contributed by atoms with Gasteiger partial charge in [-0.05, 0) is 42.5 Å². The highest BCUT2D eigenvalue weighted by Gasteiger charge is 2.26. The molecule has 1 aliphatic carbocycles. The minimum absolute atomic E-state index is 0.125. The fourth-order valence-electron chi connectivity index (χ4n) is 3.49. The fraction of sp³-hybridized carbons (Fsp3) is 0.286. The van der Waals surface area contributed by atoms with E-state index >= 15 is 0 Å². The summed E-state index contributed by atoms with van der Waals surface area (Å²) in [5.41, 5.74) is 3.63. The Bertz CT molecular complexity index is 944. The molecular formula is C21H22N4OS2. The summed E-state index contributed by atoms with van der Waals surface area (Å²) < 4.78 is 0.796. The Hall–Kier alpha value is -2.38. The smallest absolute Gasteiger partial charge is 0.233 e. The van der Waals surface area contributed by atoms with E-state index in [2.05, 4.69) is 39.8 Å². The van der Waals surface area contributed by atoms with Gasteiger partial charge in [0.1, 0.15) is 0 Å². The number of rotatable bonds is 6. The number of hydrogen-bond donors (Lipinski definition) is 1. The van der Waals surface area contributed by atoms with Crippen molar-refractivity contribution in [2.75, 3.05) is 18.1 Å². The average molecular weight is 411 g/mol. The van der Waals surface area contributed by atoms with Gasteiger partial charge in [0.25, 0.3) is 0 Å². The normalized spacial score (nSPS) is 15.7. The molecular weight excluding hydrogens is 388 g/mol. The lowest BCUT2D eigenvalue weighted by molar-refractivity contribution is -0.129. The number of hydrogen-bond acceptors (Lipinski definition) is 6. The quantitative estimate of drug-likeness (QED) is 0.585. The van der Waals surface area contributed by atoms with Gasteiger partial charge in [-0.3, -0.25) is 4.79 Å². The van der Waals surface area contributed by atoms with Gasteiger partial charge in [0.05, 0.1) is 11.8 Å². The number of anilines is 2. The number of nitrogens with zero attached hydrogens (tertiary/aromatic N) is 3. The van der Waals surface area contributed by atoms with Crippen molar-refractivity contribution >= 4 is 39.8 Å². The van der Waals surface area contributed by atoms with Crippen LogP contribution in [-0.4, -0.2) is 33.8 Å². The molecule has 0 saturated heterocycles. The highest BCUT2D eigenvalue weighted by molar-refractivity contribution is 8.01. The van der Waals surface area contributed by atoms with Crippen LogP contribution >= 0.6 is 23.1 Å². The van der Waals surface area contributed by atoms with Crippen molar-refractivity contribution in [3.63, 3.8) is 0 Å². The van der Waals surface area contributed by atoms with Gasteiger partial charge >= 0.3 is 0 Å². The van der Waals surface area contributed by atoms with Gasteiger partial charge in [0, 0.05) is 12.7 Å². The molecule has 0 radical (unpaired) electrons. The minimum atomic E-state index is 0.125. The SMILES string of the molecule is CN(C(=O)CSc1nnc(Nc2ccccc2)s1)C1CCCc2ccccc21. The lowest BCUT2D eigenvalue weighted by Crippen LogP contribution is -2.34. The molecule has 0 fully saturated rings. The first-order valence-corrected chi connectivity index (χ1v) is 11.1. The molecule has 1 N–H and O–H groups in total. The zero-order valence-electron chi connectivity index (χ0n) is 15.7. The molecule has 3 aromatic rings.